The maximum atomic E-state index is 14.5. The van der Waals surface area contributed by atoms with Crippen LogP contribution in [-0.4, -0.2) is 55.0 Å². The maximum absolute atomic E-state index is 14.5. The average Bonchev–Trinajstić information content (AvgIpc) is 3.05. The molecule has 1 aliphatic rings. The lowest BCUT2D eigenvalue weighted by atomic mass is 10.1. The molecule has 0 radical (unpaired) electrons. The molecule has 1 saturated heterocycles. The van der Waals surface area contributed by atoms with Gasteiger partial charge in [-0.15, -0.1) is 0 Å². The topological polar surface area (TPSA) is 117 Å². The number of benzene rings is 1. The molecule has 0 spiro atoms. The van der Waals surface area contributed by atoms with E-state index in [-0.39, 0.29) is 17.2 Å². The molecule has 3 aromatic rings. The first-order chi connectivity index (χ1) is 14.0. The van der Waals surface area contributed by atoms with Crippen molar-refractivity contribution in [3.63, 3.8) is 0 Å². The van der Waals surface area contributed by atoms with Crippen LogP contribution in [0.2, 0.25) is 0 Å². The Morgan fingerprint density at radius 1 is 1.34 bits per heavy atom. The van der Waals surface area contributed by atoms with Crippen molar-refractivity contribution >= 4 is 17.1 Å². The van der Waals surface area contributed by atoms with Crippen molar-refractivity contribution in [1.29, 1.82) is 5.26 Å². The van der Waals surface area contributed by atoms with Gasteiger partial charge in [0.15, 0.2) is 0 Å². The summed E-state index contributed by atoms with van der Waals surface area (Å²) < 4.78 is 22.1. The summed E-state index contributed by atoms with van der Waals surface area (Å²) in [5, 5.41) is 22.4. The van der Waals surface area contributed by atoms with E-state index in [0.717, 1.165) is 6.07 Å². The molecule has 1 N–H and O–H groups in total. The van der Waals surface area contributed by atoms with E-state index in [0.29, 0.717) is 48.5 Å². The van der Waals surface area contributed by atoms with Gasteiger partial charge in [-0.25, -0.2) is 14.2 Å². The second kappa shape index (κ2) is 7.35. The predicted molar refractivity (Wildman–Crippen MR) is 99.7 cm³/mol. The van der Waals surface area contributed by atoms with Crippen LogP contribution in [0.15, 0.2) is 24.5 Å². The van der Waals surface area contributed by atoms with Crippen molar-refractivity contribution in [2.75, 3.05) is 13.1 Å². The summed E-state index contributed by atoms with van der Waals surface area (Å²) in [7, 11) is 1.69. The lowest BCUT2D eigenvalue weighted by Crippen LogP contribution is -2.41. The molecule has 148 valence electrons. The molecule has 0 bridgehead atoms. The highest BCUT2D eigenvalue weighted by atomic mass is 19.1. The monoisotopic (exact) mass is 396 g/mol. The molecule has 3 heterocycles. The Hall–Kier alpha value is -3.74. The second-order valence-electron chi connectivity index (χ2n) is 6.74. The summed E-state index contributed by atoms with van der Waals surface area (Å²) in [6.45, 7) is 0.780. The van der Waals surface area contributed by atoms with Gasteiger partial charge in [0, 0.05) is 38.5 Å². The molecule has 1 amide bonds. The molecular weight excluding hydrogens is 379 g/mol. The summed E-state index contributed by atoms with van der Waals surface area (Å²) in [5.74, 6) is -0.245. The zero-order chi connectivity index (χ0) is 20.5. The van der Waals surface area contributed by atoms with Crippen LogP contribution in [0.1, 0.15) is 18.4 Å². The maximum Gasteiger partial charge on any atom is 0.407 e. The van der Waals surface area contributed by atoms with Crippen LogP contribution in [0.5, 0.6) is 5.88 Å². The molecule has 0 unspecified atom stereocenters. The van der Waals surface area contributed by atoms with Crippen molar-refractivity contribution in [2.45, 2.75) is 18.9 Å². The number of nitrogens with zero attached hydrogens (tertiary/aromatic N) is 6. The van der Waals surface area contributed by atoms with E-state index < -0.39 is 11.9 Å². The first kappa shape index (κ1) is 18.6. The molecule has 1 aromatic carbocycles. The van der Waals surface area contributed by atoms with Crippen LogP contribution in [-0.2, 0) is 7.05 Å². The van der Waals surface area contributed by atoms with E-state index in [1.807, 2.05) is 6.07 Å². The Kier molecular flexibility index (Phi) is 4.72. The molecule has 0 saturated carbocycles. The summed E-state index contributed by atoms with van der Waals surface area (Å²) in [6, 6.07) is 6.08. The van der Waals surface area contributed by atoms with Crippen LogP contribution in [0, 0.1) is 17.1 Å². The minimum atomic E-state index is -0.936. The molecular formula is C19H17FN6O3. The first-order valence-electron chi connectivity index (χ1n) is 9.00. The number of carbonyl (C=O) groups is 1. The summed E-state index contributed by atoms with van der Waals surface area (Å²) in [4.78, 5) is 20.9. The third-order valence-electron chi connectivity index (χ3n) is 4.93. The van der Waals surface area contributed by atoms with E-state index in [1.54, 1.807) is 7.05 Å². The number of rotatable bonds is 3. The largest absolute Gasteiger partial charge is 0.473 e. The number of piperidine rings is 1. The quantitative estimate of drug-likeness (QED) is 0.723. The van der Waals surface area contributed by atoms with Gasteiger partial charge in [0.05, 0.1) is 11.6 Å². The number of hydrogen-bond acceptors (Lipinski definition) is 6. The van der Waals surface area contributed by atoms with Gasteiger partial charge < -0.3 is 14.7 Å². The van der Waals surface area contributed by atoms with Gasteiger partial charge in [0.1, 0.15) is 35.0 Å². The first-order valence-corrected chi connectivity index (χ1v) is 9.00. The summed E-state index contributed by atoms with van der Waals surface area (Å²) in [5.41, 5.74) is 1.74. The third-order valence-corrected chi connectivity index (χ3v) is 4.93. The zero-order valence-corrected chi connectivity index (χ0v) is 15.5. The van der Waals surface area contributed by atoms with Crippen molar-refractivity contribution in [1.82, 2.24) is 24.6 Å². The normalized spacial score (nSPS) is 14.7. The fraction of sp³-hybridized carbons (Fsp3) is 0.316. The van der Waals surface area contributed by atoms with Gasteiger partial charge in [0.2, 0.25) is 5.88 Å². The van der Waals surface area contributed by atoms with Gasteiger partial charge in [-0.2, -0.15) is 15.3 Å². The van der Waals surface area contributed by atoms with Crippen LogP contribution in [0.25, 0.3) is 22.3 Å². The van der Waals surface area contributed by atoms with Crippen molar-refractivity contribution < 1.29 is 19.0 Å². The van der Waals surface area contributed by atoms with E-state index in [1.165, 1.54) is 28.0 Å². The van der Waals surface area contributed by atoms with E-state index >= 15 is 0 Å². The van der Waals surface area contributed by atoms with Crippen molar-refractivity contribution in [3.8, 4) is 23.2 Å². The van der Waals surface area contributed by atoms with Crippen LogP contribution < -0.4 is 4.74 Å². The van der Waals surface area contributed by atoms with E-state index in [9.17, 15) is 9.18 Å². The number of nitriles is 1. The second-order valence-corrected chi connectivity index (χ2v) is 6.74. The molecule has 0 atom stereocenters. The highest BCUT2D eigenvalue weighted by Gasteiger charge is 2.26. The number of halogens is 1. The standard InChI is InChI=1S/C19H17FN6O3/c1-25-17-16(15(24-25)13-3-2-11(9-21)8-14(13)20)22-10-23-18(17)29-12-4-6-26(7-5-12)19(27)28/h2-3,8,10,12H,4-7H2,1H3,(H,27,28). The van der Waals surface area contributed by atoms with Gasteiger partial charge in [-0.1, -0.05) is 0 Å². The zero-order valence-electron chi connectivity index (χ0n) is 15.5. The van der Waals surface area contributed by atoms with Gasteiger partial charge >= 0.3 is 6.09 Å². The number of aromatic nitrogens is 4. The number of amides is 1. The van der Waals surface area contributed by atoms with Crippen molar-refractivity contribution in [2.24, 2.45) is 7.05 Å². The molecule has 2 aromatic heterocycles. The highest BCUT2D eigenvalue weighted by molar-refractivity contribution is 5.92. The number of aryl methyl sites for hydroxylation is 1. The summed E-state index contributed by atoms with van der Waals surface area (Å²) >= 11 is 0. The molecule has 1 aliphatic heterocycles. The van der Waals surface area contributed by atoms with E-state index in [4.69, 9.17) is 15.1 Å². The van der Waals surface area contributed by atoms with Crippen LogP contribution >= 0.6 is 0 Å². The lowest BCUT2D eigenvalue weighted by molar-refractivity contribution is 0.0877. The van der Waals surface area contributed by atoms with E-state index in [2.05, 4.69) is 15.1 Å². The number of fused-ring (bicyclic) bond motifs is 1. The fourth-order valence-corrected chi connectivity index (χ4v) is 3.44. The molecule has 10 heteroatoms. The Balaban J connectivity index is 1.67. The number of likely N-dealkylation sites (tertiary alicyclic amines) is 1. The Morgan fingerprint density at radius 2 is 2.10 bits per heavy atom. The third kappa shape index (κ3) is 3.42. The van der Waals surface area contributed by atoms with Gasteiger partial charge in [-0.3, -0.25) is 4.68 Å². The molecule has 4 rings (SSSR count). The van der Waals surface area contributed by atoms with Crippen LogP contribution in [0.4, 0.5) is 9.18 Å². The molecule has 1 fully saturated rings. The highest BCUT2D eigenvalue weighted by Crippen LogP contribution is 2.32. The number of hydrogen-bond donors (Lipinski definition) is 1. The Bertz CT molecular complexity index is 1130. The lowest BCUT2D eigenvalue weighted by Gasteiger charge is -2.29. The molecule has 0 aliphatic carbocycles. The minimum absolute atomic E-state index is 0.186. The van der Waals surface area contributed by atoms with Crippen molar-refractivity contribution in [3.05, 3.63) is 35.9 Å². The number of ether oxygens (including phenoxy) is 1. The summed E-state index contributed by atoms with van der Waals surface area (Å²) in [6.07, 6.45) is 1.30. The Morgan fingerprint density at radius 3 is 2.76 bits per heavy atom. The molecule has 29 heavy (non-hydrogen) atoms. The Labute approximate surface area is 165 Å². The smallest absolute Gasteiger partial charge is 0.407 e. The average molecular weight is 396 g/mol. The van der Waals surface area contributed by atoms with Gasteiger partial charge in [0.25, 0.3) is 0 Å². The fourth-order valence-electron chi connectivity index (χ4n) is 3.44. The predicted octanol–water partition coefficient (Wildman–Crippen LogP) is 2.56. The molecule has 9 nitrogen and oxygen atoms in total. The number of carboxylic acid groups (broad SMARTS) is 1. The SMILES string of the molecule is Cn1nc(-c2ccc(C#N)cc2F)c2ncnc(OC3CCN(C(=O)O)CC3)c21. The van der Waals surface area contributed by atoms with Gasteiger partial charge in [-0.05, 0) is 18.2 Å². The minimum Gasteiger partial charge on any atom is -0.473 e. The van der Waals surface area contributed by atoms with Crippen LogP contribution in [0.3, 0.4) is 0 Å².